The number of nitrogens with zero attached hydrogens (tertiary/aromatic N) is 2. The molecule has 0 bridgehead atoms. The molecule has 2 aromatic rings. The van der Waals surface area contributed by atoms with Gasteiger partial charge in [0.1, 0.15) is 0 Å². The Morgan fingerprint density at radius 1 is 1.25 bits per heavy atom. The van der Waals surface area contributed by atoms with Crippen LogP contribution in [0, 0.1) is 0 Å². The van der Waals surface area contributed by atoms with E-state index in [1.54, 1.807) is 0 Å². The molecule has 1 heterocycles. The Morgan fingerprint density at radius 2 is 2.00 bits per heavy atom. The largest absolute Gasteiger partial charge is 0.364 e. The van der Waals surface area contributed by atoms with Crippen LogP contribution in [-0.4, -0.2) is 22.3 Å². The summed E-state index contributed by atoms with van der Waals surface area (Å²) in [5.74, 6) is 0. The van der Waals surface area contributed by atoms with Crippen molar-refractivity contribution in [3.63, 3.8) is 0 Å². The van der Waals surface area contributed by atoms with Crippen molar-refractivity contribution in [3.8, 4) is 0 Å². The van der Waals surface area contributed by atoms with Crippen molar-refractivity contribution in [2.75, 3.05) is 4.90 Å². The number of nitrogens with two attached hydrogens (primary N) is 1. The topological polar surface area (TPSA) is 69.8 Å². The second-order valence-electron chi connectivity index (χ2n) is 6.36. The van der Waals surface area contributed by atoms with E-state index >= 15 is 0 Å². The van der Waals surface area contributed by atoms with E-state index in [2.05, 4.69) is 48.2 Å². The lowest BCUT2D eigenvalue weighted by atomic mass is 9.94. The fourth-order valence-corrected chi connectivity index (χ4v) is 3.25. The van der Waals surface area contributed by atoms with Crippen molar-refractivity contribution in [1.29, 1.82) is 0 Å². The van der Waals surface area contributed by atoms with Gasteiger partial charge in [0, 0.05) is 18.3 Å². The van der Waals surface area contributed by atoms with E-state index in [4.69, 9.17) is 5.73 Å². The van der Waals surface area contributed by atoms with Gasteiger partial charge in [-0.05, 0) is 42.5 Å². The number of carbonyl (C=O) groups excluding carboxylic acids is 1. The van der Waals surface area contributed by atoms with E-state index in [1.165, 1.54) is 16.8 Å². The quantitative estimate of drug-likeness (QED) is 0.669. The predicted molar refractivity (Wildman–Crippen MR) is 93.8 cm³/mol. The Balaban J connectivity index is 1.83. The highest BCUT2D eigenvalue weighted by molar-refractivity contribution is 5.70. The molecule has 0 saturated carbocycles. The number of urea groups is 1. The van der Waals surface area contributed by atoms with Crippen molar-refractivity contribution in [1.82, 2.24) is 5.06 Å². The van der Waals surface area contributed by atoms with E-state index in [9.17, 15) is 10.0 Å². The summed E-state index contributed by atoms with van der Waals surface area (Å²) in [6.07, 6.45) is 2.08. The van der Waals surface area contributed by atoms with E-state index in [0.29, 0.717) is 11.1 Å². The highest BCUT2D eigenvalue weighted by atomic mass is 16.5. The Bertz CT molecular complexity index is 718. The van der Waals surface area contributed by atoms with Crippen LogP contribution in [-0.2, 0) is 19.5 Å². The maximum Gasteiger partial charge on any atom is 0.338 e. The summed E-state index contributed by atoms with van der Waals surface area (Å²) in [6.45, 7) is 3.24. The smallest absolute Gasteiger partial charge is 0.338 e. The highest BCUT2D eigenvalue weighted by Crippen LogP contribution is 2.33. The van der Waals surface area contributed by atoms with Crippen LogP contribution < -0.4 is 10.6 Å². The molecule has 1 aliphatic rings. The molecule has 0 saturated heterocycles. The number of fused-ring (bicyclic) bond motifs is 1. The van der Waals surface area contributed by atoms with Crippen molar-refractivity contribution < 1.29 is 10.0 Å². The van der Waals surface area contributed by atoms with E-state index in [1.807, 2.05) is 12.1 Å². The Labute approximate surface area is 142 Å². The molecule has 0 spiro atoms. The summed E-state index contributed by atoms with van der Waals surface area (Å²) in [6, 6.07) is 16.2. The Morgan fingerprint density at radius 3 is 2.71 bits per heavy atom. The molecule has 24 heavy (non-hydrogen) atoms. The monoisotopic (exact) mass is 325 g/mol. The van der Waals surface area contributed by atoms with Crippen LogP contribution in [0.15, 0.2) is 48.5 Å². The molecule has 5 heteroatoms. The van der Waals surface area contributed by atoms with Gasteiger partial charge in [-0.1, -0.05) is 42.5 Å². The van der Waals surface area contributed by atoms with Gasteiger partial charge in [0.25, 0.3) is 0 Å². The average molecular weight is 325 g/mol. The highest BCUT2D eigenvalue weighted by Gasteiger charge is 2.23. The second-order valence-corrected chi connectivity index (χ2v) is 6.36. The minimum atomic E-state index is -0.841. The van der Waals surface area contributed by atoms with Gasteiger partial charge < -0.3 is 10.6 Å². The number of carbonyl (C=O) groups is 1. The molecular weight excluding hydrogens is 302 g/mol. The van der Waals surface area contributed by atoms with Crippen LogP contribution >= 0.6 is 0 Å². The number of rotatable bonds is 4. The van der Waals surface area contributed by atoms with Crippen molar-refractivity contribution in [3.05, 3.63) is 65.2 Å². The third kappa shape index (κ3) is 3.51. The summed E-state index contributed by atoms with van der Waals surface area (Å²) in [5, 5.41) is 10.1. The van der Waals surface area contributed by atoms with Crippen LogP contribution in [0.1, 0.15) is 30.0 Å². The molecule has 2 amide bonds. The van der Waals surface area contributed by atoms with Crippen molar-refractivity contribution in [2.45, 2.75) is 38.9 Å². The minimum absolute atomic E-state index is 0.108. The standard InChI is InChI=1S/C19H23N3O2/c1-14-7-9-17-11-16(13-22(24)19(20)23)8-10-18(17)21(14)12-15-5-3-2-4-6-15/h2-6,8,10-11,14,24H,7,9,12-13H2,1H3,(H2,20,23). The second kappa shape index (κ2) is 6.93. The fourth-order valence-electron chi connectivity index (χ4n) is 3.25. The third-order valence-corrected chi connectivity index (χ3v) is 4.60. The molecular formula is C19H23N3O2. The first kappa shape index (κ1) is 16.3. The van der Waals surface area contributed by atoms with Gasteiger partial charge in [0.15, 0.2) is 0 Å². The number of benzene rings is 2. The van der Waals surface area contributed by atoms with Crippen LogP contribution in [0.3, 0.4) is 0 Å². The SMILES string of the molecule is CC1CCc2cc(CN(O)C(N)=O)ccc2N1Cc1ccccc1. The van der Waals surface area contributed by atoms with Crippen LogP contribution in [0.5, 0.6) is 0 Å². The first-order valence-electron chi connectivity index (χ1n) is 8.23. The molecule has 1 atom stereocenters. The van der Waals surface area contributed by atoms with Gasteiger partial charge in [-0.3, -0.25) is 5.21 Å². The Hall–Kier alpha value is -2.53. The minimum Gasteiger partial charge on any atom is -0.364 e. The van der Waals surface area contributed by atoms with Gasteiger partial charge in [-0.15, -0.1) is 0 Å². The zero-order valence-corrected chi connectivity index (χ0v) is 13.9. The lowest BCUT2D eigenvalue weighted by Gasteiger charge is -2.37. The Kier molecular flexibility index (Phi) is 4.71. The molecule has 5 nitrogen and oxygen atoms in total. The normalized spacial score (nSPS) is 16.6. The fraction of sp³-hybridized carbons (Fsp3) is 0.316. The molecule has 1 unspecified atom stereocenters. The molecule has 0 aliphatic carbocycles. The third-order valence-electron chi connectivity index (χ3n) is 4.60. The van der Waals surface area contributed by atoms with Gasteiger partial charge >= 0.3 is 6.03 Å². The van der Waals surface area contributed by atoms with Crippen molar-refractivity contribution in [2.24, 2.45) is 5.73 Å². The van der Waals surface area contributed by atoms with Crippen LogP contribution in [0.4, 0.5) is 10.5 Å². The summed E-state index contributed by atoms with van der Waals surface area (Å²) in [5.41, 5.74) is 9.72. The lowest BCUT2D eigenvalue weighted by Crippen LogP contribution is -2.37. The maximum absolute atomic E-state index is 11.0. The van der Waals surface area contributed by atoms with Crippen LogP contribution in [0.2, 0.25) is 0 Å². The van der Waals surface area contributed by atoms with Gasteiger partial charge in [0.05, 0.1) is 6.54 Å². The molecule has 3 N–H and O–H groups in total. The van der Waals surface area contributed by atoms with Gasteiger partial charge in [-0.25, -0.2) is 9.86 Å². The van der Waals surface area contributed by atoms with Gasteiger partial charge in [-0.2, -0.15) is 0 Å². The predicted octanol–water partition coefficient (Wildman–Crippen LogP) is 3.30. The zero-order chi connectivity index (χ0) is 17.1. The first-order chi connectivity index (χ1) is 11.5. The first-order valence-corrected chi connectivity index (χ1v) is 8.23. The molecule has 3 rings (SSSR count). The molecule has 0 aromatic heterocycles. The van der Waals surface area contributed by atoms with Crippen LogP contribution in [0.25, 0.3) is 0 Å². The number of aryl methyl sites for hydroxylation is 1. The number of hydrogen-bond donors (Lipinski definition) is 2. The summed E-state index contributed by atoms with van der Waals surface area (Å²) < 4.78 is 0. The number of hydroxylamine groups is 2. The molecule has 1 aliphatic heterocycles. The number of amides is 2. The zero-order valence-electron chi connectivity index (χ0n) is 13.9. The molecule has 0 fully saturated rings. The number of anilines is 1. The molecule has 126 valence electrons. The summed E-state index contributed by atoms with van der Waals surface area (Å²) in [4.78, 5) is 13.4. The van der Waals surface area contributed by atoms with E-state index in [-0.39, 0.29) is 6.54 Å². The summed E-state index contributed by atoms with van der Waals surface area (Å²) >= 11 is 0. The van der Waals surface area contributed by atoms with Gasteiger partial charge in [0.2, 0.25) is 0 Å². The molecule has 0 radical (unpaired) electrons. The van der Waals surface area contributed by atoms with E-state index in [0.717, 1.165) is 24.9 Å². The van der Waals surface area contributed by atoms with Crippen molar-refractivity contribution >= 4 is 11.7 Å². The number of primary amides is 1. The molecule has 2 aromatic carbocycles. The summed E-state index contributed by atoms with van der Waals surface area (Å²) in [7, 11) is 0. The van der Waals surface area contributed by atoms with E-state index < -0.39 is 6.03 Å². The number of hydrogen-bond acceptors (Lipinski definition) is 3. The lowest BCUT2D eigenvalue weighted by molar-refractivity contribution is -0.0470. The maximum atomic E-state index is 11.0. The average Bonchev–Trinajstić information content (AvgIpc) is 2.58.